The summed E-state index contributed by atoms with van der Waals surface area (Å²) in [5, 5.41) is -1.46. The van der Waals surface area contributed by atoms with Crippen molar-refractivity contribution in [3.8, 4) is 11.5 Å². The molecule has 1 rings (SSSR count). The zero-order valence-corrected chi connectivity index (χ0v) is 21.6. The average Bonchev–Trinajstić information content (AvgIpc) is 2.73. The Bertz CT molecular complexity index is 748. The summed E-state index contributed by atoms with van der Waals surface area (Å²) in [6.07, 6.45) is 3.52. The first kappa shape index (κ1) is 28.1. The van der Waals surface area contributed by atoms with Crippen LogP contribution in [0.15, 0.2) is 18.2 Å². The van der Waals surface area contributed by atoms with Crippen LogP contribution in [0.5, 0.6) is 11.5 Å². The number of esters is 1. The molecule has 7 heteroatoms. The minimum Gasteiger partial charge on any atom is -0.496 e. The molecule has 0 aliphatic carbocycles. The van der Waals surface area contributed by atoms with Gasteiger partial charge in [0.25, 0.3) is 0 Å². The molecule has 0 aromatic heterocycles. The highest BCUT2D eigenvalue weighted by atomic mass is 31.1. The van der Waals surface area contributed by atoms with Crippen LogP contribution in [-0.2, 0) is 14.1 Å². The van der Waals surface area contributed by atoms with Crippen molar-refractivity contribution < 1.29 is 28.4 Å². The number of carbonyl (C=O) groups is 2. The number of ether oxygens (including phenoxy) is 3. The van der Waals surface area contributed by atoms with Crippen LogP contribution in [0.1, 0.15) is 83.5 Å². The van der Waals surface area contributed by atoms with Crippen LogP contribution in [0, 0.1) is 11.3 Å². The predicted octanol–water partition coefficient (Wildman–Crippen LogP) is 6.50. The van der Waals surface area contributed by atoms with Crippen LogP contribution >= 0.6 is 8.46 Å². The van der Waals surface area contributed by atoms with Crippen LogP contribution in [0.4, 0.5) is 0 Å². The molecular formula is C25H39O6P. The quantitative estimate of drug-likeness (QED) is 0.135. The van der Waals surface area contributed by atoms with Crippen molar-refractivity contribution in [1.82, 2.24) is 0 Å². The Kier molecular flexibility index (Phi) is 11.4. The van der Waals surface area contributed by atoms with Crippen LogP contribution in [0.3, 0.4) is 0 Å². The van der Waals surface area contributed by atoms with E-state index in [-0.39, 0.29) is 42.1 Å². The molecule has 2 unspecified atom stereocenters. The molecule has 0 fully saturated rings. The third-order valence-corrected chi connectivity index (χ3v) is 6.22. The van der Waals surface area contributed by atoms with Gasteiger partial charge in [-0.1, -0.05) is 53.5 Å². The van der Waals surface area contributed by atoms with Crippen molar-refractivity contribution in [3.05, 3.63) is 23.8 Å². The van der Waals surface area contributed by atoms with E-state index in [0.29, 0.717) is 11.5 Å². The van der Waals surface area contributed by atoms with Crippen LogP contribution in [0.25, 0.3) is 0 Å². The highest BCUT2D eigenvalue weighted by molar-refractivity contribution is 7.28. The van der Waals surface area contributed by atoms with E-state index in [4.69, 9.17) is 14.2 Å². The fourth-order valence-electron chi connectivity index (χ4n) is 4.16. The molecular weight excluding hydrogens is 427 g/mol. The topological polar surface area (TPSA) is 78.9 Å². The Balaban J connectivity index is 3.28. The Morgan fingerprint density at radius 2 is 1.62 bits per heavy atom. The van der Waals surface area contributed by atoms with Crippen LogP contribution in [0.2, 0.25) is 0 Å². The molecule has 0 spiro atoms. The lowest BCUT2D eigenvalue weighted by atomic mass is 9.80. The Hall–Kier alpha value is -1.94. The molecule has 0 N–H and O–H groups in total. The van der Waals surface area contributed by atoms with E-state index in [1.807, 2.05) is 6.92 Å². The molecule has 2 atom stereocenters. The molecule has 0 bridgehead atoms. The molecule has 32 heavy (non-hydrogen) atoms. The summed E-state index contributed by atoms with van der Waals surface area (Å²) in [7, 11) is 2.52. The molecule has 0 radical (unpaired) electrons. The van der Waals surface area contributed by atoms with Crippen molar-refractivity contribution in [3.63, 3.8) is 0 Å². The number of Topliss-reactive ketones (excluding diaryl/α,β-unsaturated/α-hetero) is 1. The molecule has 0 saturated heterocycles. The van der Waals surface area contributed by atoms with E-state index in [2.05, 4.69) is 27.7 Å². The predicted molar refractivity (Wildman–Crippen MR) is 127 cm³/mol. The van der Waals surface area contributed by atoms with Gasteiger partial charge in [-0.2, -0.15) is 0 Å². The standard InChI is InChI=1S/C25H39O6P/c1-8-9-10-14-31-23(27)25(32-28,16-18(2)15-24(3,4)5)17-19(26)22-20(29-6)12-11-13-21(22)30-7/h11-13,18H,8-10,14-17H2,1-7H3. The van der Waals surface area contributed by atoms with Crippen molar-refractivity contribution >= 4 is 20.2 Å². The summed E-state index contributed by atoms with van der Waals surface area (Å²) in [6, 6.07) is 5.05. The lowest BCUT2D eigenvalue weighted by molar-refractivity contribution is -0.147. The van der Waals surface area contributed by atoms with Gasteiger partial charge in [-0.3, -0.25) is 14.2 Å². The van der Waals surface area contributed by atoms with E-state index in [9.17, 15) is 14.2 Å². The van der Waals surface area contributed by atoms with Crippen molar-refractivity contribution in [2.24, 2.45) is 11.3 Å². The minimum atomic E-state index is -1.46. The van der Waals surface area contributed by atoms with Gasteiger partial charge >= 0.3 is 5.97 Å². The van der Waals surface area contributed by atoms with E-state index in [1.54, 1.807) is 18.2 Å². The van der Waals surface area contributed by atoms with Gasteiger partial charge in [-0.05, 0) is 42.7 Å². The molecule has 0 aliphatic heterocycles. The van der Waals surface area contributed by atoms with E-state index < -0.39 is 19.6 Å². The number of hydrogen-bond acceptors (Lipinski definition) is 6. The summed E-state index contributed by atoms with van der Waals surface area (Å²) >= 11 is 0. The largest absolute Gasteiger partial charge is 0.496 e. The molecule has 0 saturated carbocycles. The van der Waals surface area contributed by atoms with Crippen LogP contribution in [-0.4, -0.2) is 37.7 Å². The number of carbonyl (C=O) groups excluding carboxylic acids is 2. The number of unbranched alkanes of at least 4 members (excludes halogenated alkanes) is 2. The smallest absolute Gasteiger partial charge is 0.324 e. The lowest BCUT2D eigenvalue weighted by Gasteiger charge is -2.30. The maximum atomic E-state index is 13.4. The van der Waals surface area contributed by atoms with E-state index in [1.165, 1.54) is 14.2 Å². The SMILES string of the molecule is CCCCCOC(=O)C(CC(=O)c1c(OC)cccc1OC)(CC(C)CC(C)(C)C)P=O. The van der Waals surface area contributed by atoms with Crippen molar-refractivity contribution in [2.45, 2.75) is 78.3 Å². The monoisotopic (exact) mass is 466 g/mol. The van der Waals surface area contributed by atoms with E-state index >= 15 is 0 Å². The second-order valence-corrected chi connectivity index (χ2v) is 10.7. The van der Waals surface area contributed by atoms with Crippen LogP contribution < -0.4 is 9.47 Å². The van der Waals surface area contributed by atoms with Gasteiger partial charge in [0.1, 0.15) is 17.1 Å². The third kappa shape index (κ3) is 8.20. The normalized spacial score (nSPS) is 14.5. The fourth-order valence-corrected chi connectivity index (χ4v) is 4.89. The maximum absolute atomic E-state index is 13.4. The van der Waals surface area contributed by atoms with Gasteiger partial charge in [0.2, 0.25) is 0 Å². The Morgan fingerprint density at radius 1 is 1.03 bits per heavy atom. The average molecular weight is 467 g/mol. The second-order valence-electron chi connectivity index (χ2n) is 9.68. The first-order valence-corrected chi connectivity index (χ1v) is 12.1. The number of hydrogen-bond donors (Lipinski definition) is 0. The molecule has 0 amide bonds. The number of benzene rings is 1. The number of methoxy groups -OCH3 is 2. The number of rotatable bonds is 14. The van der Waals surface area contributed by atoms with Crippen molar-refractivity contribution in [2.75, 3.05) is 20.8 Å². The summed E-state index contributed by atoms with van der Waals surface area (Å²) in [4.78, 5) is 26.6. The summed E-state index contributed by atoms with van der Waals surface area (Å²) < 4.78 is 28.8. The lowest BCUT2D eigenvalue weighted by Crippen LogP contribution is -2.39. The Labute approximate surface area is 194 Å². The summed E-state index contributed by atoms with van der Waals surface area (Å²) in [6.45, 7) is 10.7. The number of ketones is 1. The highest BCUT2D eigenvalue weighted by Gasteiger charge is 2.45. The molecule has 1 aromatic rings. The summed E-state index contributed by atoms with van der Waals surface area (Å²) in [5.41, 5.74) is 0.277. The molecule has 1 aromatic carbocycles. The van der Waals surface area contributed by atoms with Gasteiger partial charge in [0.15, 0.2) is 19.4 Å². The van der Waals surface area contributed by atoms with Gasteiger partial charge in [-0.25, -0.2) is 0 Å². The van der Waals surface area contributed by atoms with Gasteiger partial charge < -0.3 is 14.2 Å². The molecule has 0 aliphatic rings. The molecule has 6 nitrogen and oxygen atoms in total. The highest BCUT2D eigenvalue weighted by Crippen LogP contribution is 2.41. The zero-order valence-electron chi connectivity index (χ0n) is 20.7. The van der Waals surface area contributed by atoms with Gasteiger partial charge in [-0.15, -0.1) is 0 Å². The van der Waals surface area contributed by atoms with Gasteiger partial charge in [0.05, 0.1) is 20.8 Å². The third-order valence-electron chi connectivity index (χ3n) is 5.34. The Morgan fingerprint density at radius 3 is 2.09 bits per heavy atom. The molecule has 180 valence electrons. The summed E-state index contributed by atoms with van der Waals surface area (Å²) in [5.74, 6) is -0.189. The molecule has 0 heterocycles. The fraction of sp³-hybridized carbons (Fsp3) is 0.680. The van der Waals surface area contributed by atoms with Gasteiger partial charge in [0, 0.05) is 6.42 Å². The van der Waals surface area contributed by atoms with Crippen molar-refractivity contribution in [1.29, 1.82) is 0 Å². The minimum absolute atomic E-state index is 0.0336. The second kappa shape index (κ2) is 12.9. The first-order valence-electron chi connectivity index (χ1n) is 11.3. The van der Waals surface area contributed by atoms with E-state index in [0.717, 1.165) is 25.7 Å². The first-order chi connectivity index (χ1) is 15.0. The maximum Gasteiger partial charge on any atom is 0.324 e. The zero-order chi connectivity index (χ0) is 24.4.